The maximum absolute atomic E-state index is 12.5. The summed E-state index contributed by atoms with van der Waals surface area (Å²) in [5, 5.41) is 8.89. The van der Waals surface area contributed by atoms with E-state index >= 15 is 0 Å². The number of carboxylic acids is 1. The van der Waals surface area contributed by atoms with Gasteiger partial charge in [0.2, 0.25) is 0 Å². The number of ether oxygens (including phenoxy) is 2. The van der Waals surface area contributed by atoms with E-state index in [-0.39, 0.29) is 31.5 Å². The van der Waals surface area contributed by atoms with Crippen molar-refractivity contribution in [3.63, 3.8) is 0 Å². The van der Waals surface area contributed by atoms with Gasteiger partial charge in [-0.1, -0.05) is 18.2 Å². The van der Waals surface area contributed by atoms with Gasteiger partial charge < -0.3 is 19.5 Å². The number of carboxylic acid groups (broad SMARTS) is 1. The Morgan fingerprint density at radius 1 is 1.30 bits per heavy atom. The molecule has 1 heterocycles. The molecule has 1 aromatic carbocycles. The number of aryl methyl sites for hydroxylation is 1. The Hall–Kier alpha value is -2.08. The first-order chi connectivity index (χ1) is 11.1. The first kappa shape index (κ1) is 17.3. The third kappa shape index (κ3) is 5.25. The van der Waals surface area contributed by atoms with Crippen molar-refractivity contribution in [3.8, 4) is 5.75 Å². The number of nitrogens with zero attached hydrogens (tertiary/aromatic N) is 1. The normalized spacial score (nSPS) is 15.2. The zero-order valence-electron chi connectivity index (χ0n) is 13.4. The number of carbonyl (C=O) groups excluding carboxylic acids is 1. The van der Waals surface area contributed by atoms with Crippen LogP contribution in [0.1, 0.15) is 24.8 Å². The van der Waals surface area contributed by atoms with Crippen molar-refractivity contribution in [1.82, 2.24) is 4.90 Å². The van der Waals surface area contributed by atoms with E-state index in [9.17, 15) is 9.59 Å². The average molecular weight is 321 g/mol. The molecule has 0 aromatic heterocycles. The van der Waals surface area contributed by atoms with Crippen LogP contribution >= 0.6 is 0 Å². The molecular weight excluding hydrogens is 298 g/mol. The van der Waals surface area contributed by atoms with E-state index in [1.54, 1.807) is 4.90 Å². The first-order valence-corrected chi connectivity index (χ1v) is 7.85. The second-order valence-electron chi connectivity index (χ2n) is 5.63. The van der Waals surface area contributed by atoms with Crippen LogP contribution in [0.4, 0.5) is 0 Å². The number of para-hydroxylation sites is 1. The van der Waals surface area contributed by atoms with Crippen molar-refractivity contribution in [1.29, 1.82) is 0 Å². The van der Waals surface area contributed by atoms with Gasteiger partial charge in [0.15, 0.2) is 6.61 Å². The molecule has 0 bridgehead atoms. The summed E-state index contributed by atoms with van der Waals surface area (Å²) in [5.41, 5.74) is 0.962. The largest absolute Gasteiger partial charge is 0.484 e. The Balaban J connectivity index is 1.97. The molecular formula is C17H23NO5. The van der Waals surface area contributed by atoms with E-state index in [2.05, 4.69) is 0 Å². The summed E-state index contributed by atoms with van der Waals surface area (Å²) in [6, 6.07) is 7.52. The number of rotatable bonds is 7. The van der Waals surface area contributed by atoms with Gasteiger partial charge in [-0.2, -0.15) is 0 Å². The molecule has 1 aliphatic heterocycles. The smallest absolute Gasteiger partial charge is 0.305 e. The van der Waals surface area contributed by atoms with Gasteiger partial charge >= 0.3 is 5.97 Å². The van der Waals surface area contributed by atoms with E-state index in [0.29, 0.717) is 19.0 Å². The summed E-state index contributed by atoms with van der Waals surface area (Å²) in [6.45, 7) is 3.23. The van der Waals surface area contributed by atoms with Gasteiger partial charge in [-0.25, -0.2) is 0 Å². The molecule has 1 N–H and O–H groups in total. The second-order valence-corrected chi connectivity index (χ2v) is 5.63. The van der Waals surface area contributed by atoms with E-state index in [1.807, 2.05) is 31.2 Å². The summed E-state index contributed by atoms with van der Waals surface area (Å²) in [6.07, 6.45) is 1.40. The lowest BCUT2D eigenvalue weighted by Crippen LogP contribution is -2.46. The molecule has 1 amide bonds. The fourth-order valence-electron chi connectivity index (χ4n) is 2.66. The average Bonchev–Trinajstić information content (AvgIpc) is 2.55. The topological polar surface area (TPSA) is 76.1 Å². The van der Waals surface area contributed by atoms with Crippen molar-refractivity contribution in [3.05, 3.63) is 29.8 Å². The lowest BCUT2D eigenvalue weighted by Gasteiger charge is -2.34. The third-order valence-corrected chi connectivity index (χ3v) is 3.96. The van der Waals surface area contributed by atoms with Crippen LogP contribution in [0.15, 0.2) is 24.3 Å². The molecule has 0 saturated carbocycles. The van der Waals surface area contributed by atoms with E-state index < -0.39 is 5.97 Å². The Labute approximate surface area is 136 Å². The monoisotopic (exact) mass is 321 g/mol. The first-order valence-electron chi connectivity index (χ1n) is 7.85. The van der Waals surface area contributed by atoms with Crippen molar-refractivity contribution in [2.24, 2.45) is 0 Å². The molecule has 0 atom stereocenters. The highest BCUT2D eigenvalue weighted by Crippen LogP contribution is 2.18. The van der Waals surface area contributed by atoms with Crippen LogP contribution in [0.2, 0.25) is 0 Å². The molecule has 0 radical (unpaired) electrons. The quantitative estimate of drug-likeness (QED) is 0.829. The Kier molecular flexibility index (Phi) is 6.40. The fraction of sp³-hybridized carbons (Fsp3) is 0.529. The lowest BCUT2D eigenvalue weighted by molar-refractivity contribution is -0.141. The van der Waals surface area contributed by atoms with Crippen LogP contribution in [-0.4, -0.2) is 54.3 Å². The summed E-state index contributed by atoms with van der Waals surface area (Å²) < 4.78 is 10.9. The van der Waals surface area contributed by atoms with Crippen molar-refractivity contribution < 1.29 is 24.2 Å². The van der Waals surface area contributed by atoms with Crippen molar-refractivity contribution in [2.45, 2.75) is 32.2 Å². The molecule has 1 aliphatic rings. The number of hydrogen-bond acceptors (Lipinski definition) is 4. The standard InChI is InChI=1S/C17H23NO5/c1-13-4-2-3-5-15(13)23-12-16(19)18(9-6-17(20)21)14-7-10-22-11-8-14/h2-5,14H,6-12H2,1H3,(H,20,21). The Morgan fingerprint density at radius 2 is 2.00 bits per heavy atom. The number of benzene rings is 1. The summed E-state index contributed by atoms with van der Waals surface area (Å²) in [7, 11) is 0. The highest BCUT2D eigenvalue weighted by atomic mass is 16.5. The predicted octanol–water partition coefficient (Wildman–Crippen LogP) is 1.86. The Morgan fingerprint density at radius 3 is 2.65 bits per heavy atom. The van der Waals surface area contributed by atoms with E-state index in [0.717, 1.165) is 18.4 Å². The molecule has 0 spiro atoms. The number of carbonyl (C=O) groups is 2. The second kappa shape index (κ2) is 8.53. The molecule has 1 saturated heterocycles. The molecule has 23 heavy (non-hydrogen) atoms. The van der Waals surface area contributed by atoms with Gasteiger partial charge in [-0.05, 0) is 31.4 Å². The van der Waals surface area contributed by atoms with Crippen LogP contribution in [0.25, 0.3) is 0 Å². The van der Waals surface area contributed by atoms with Gasteiger partial charge in [0.1, 0.15) is 5.75 Å². The maximum Gasteiger partial charge on any atom is 0.305 e. The minimum Gasteiger partial charge on any atom is -0.484 e. The van der Waals surface area contributed by atoms with Gasteiger partial charge in [0.05, 0.1) is 6.42 Å². The zero-order chi connectivity index (χ0) is 16.7. The minimum absolute atomic E-state index is 0.0241. The molecule has 2 rings (SSSR count). The number of hydrogen-bond donors (Lipinski definition) is 1. The van der Waals surface area contributed by atoms with Crippen LogP contribution in [0.3, 0.4) is 0 Å². The summed E-state index contributed by atoms with van der Waals surface area (Å²) >= 11 is 0. The molecule has 126 valence electrons. The van der Waals surface area contributed by atoms with Gasteiger partial charge in [0, 0.05) is 25.8 Å². The summed E-state index contributed by atoms with van der Waals surface area (Å²) in [4.78, 5) is 25.0. The minimum atomic E-state index is -0.908. The highest BCUT2D eigenvalue weighted by molar-refractivity contribution is 5.79. The van der Waals surface area contributed by atoms with Crippen molar-refractivity contribution in [2.75, 3.05) is 26.4 Å². The molecule has 6 nitrogen and oxygen atoms in total. The summed E-state index contributed by atoms with van der Waals surface area (Å²) in [5.74, 6) is -0.415. The van der Waals surface area contributed by atoms with Crippen LogP contribution in [-0.2, 0) is 14.3 Å². The van der Waals surface area contributed by atoms with Crippen LogP contribution in [0, 0.1) is 6.92 Å². The zero-order valence-corrected chi connectivity index (χ0v) is 13.4. The van der Waals surface area contributed by atoms with Crippen molar-refractivity contribution >= 4 is 11.9 Å². The van der Waals surface area contributed by atoms with Crippen LogP contribution in [0.5, 0.6) is 5.75 Å². The third-order valence-electron chi connectivity index (χ3n) is 3.96. The van der Waals surface area contributed by atoms with Gasteiger partial charge in [0.25, 0.3) is 5.91 Å². The lowest BCUT2D eigenvalue weighted by atomic mass is 10.1. The molecule has 0 aliphatic carbocycles. The fourth-order valence-corrected chi connectivity index (χ4v) is 2.66. The van der Waals surface area contributed by atoms with E-state index in [4.69, 9.17) is 14.6 Å². The SMILES string of the molecule is Cc1ccccc1OCC(=O)N(CCC(=O)O)C1CCOCC1. The van der Waals surface area contributed by atoms with Gasteiger partial charge in [-0.3, -0.25) is 9.59 Å². The Bertz CT molecular complexity index is 540. The molecule has 1 fully saturated rings. The molecule has 1 aromatic rings. The van der Waals surface area contributed by atoms with Gasteiger partial charge in [-0.15, -0.1) is 0 Å². The molecule has 6 heteroatoms. The van der Waals surface area contributed by atoms with Crippen LogP contribution < -0.4 is 4.74 Å². The highest BCUT2D eigenvalue weighted by Gasteiger charge is 2.26. The molecule has 0 unspecified atom stereocenters. The number of amides is 1. The predicted molar refractivity (Wildman–Crippen MR) is 84.5 cm³/mol. The number of aliphatic carboxylic acids is 1. The van der Waals surface area contributed by atoms with E-state index in [1.165, 1.54) is 0 Å². The maximum atomic E-state index is 12.5.